The number of hydrogen-bond donors (Lipinski definition) is 4. The van der Waals surface area contributed by atoms with Crippen molar-refractivity contribution in [2.75, 3.05) is 13.1 Å². The molecule has 1 amide bonds. The lowest BCUT2D eigenvalue weighted by Gasteiger charge is -2.27. The zero-order valence-corrected chi connectivity index (χ0v) is 13.4. The van der Waals surface area contributed by atoms with Crippen LogP contribution in [0.3, 0.4) is 0 Å². The zero-order valence-electron chi connectivity index (χ0n) is 13.4. The number of carbonyl (C=O) groups excluding carboxylic acids is 1. The van der Waals surface area contributed by atoms with Crippen molar-refractivity contribution in [3.05, 3.63) is 35.4 Å². The average Bonchev–Trinajstić information content (AvgIpc) is 3.03. The molecule has 0 aromatic heterocycles. The molecule has 1 aromatic carbocycles. The van der Waals surface area contributed by atoms with E-state index in [1.807, 2.05) is 0 Å². The molecule has 1 saturated heterocycles. The monoisotopic (exact) mass is 302 g/mol. The van der Waals surface area contributed by atoms with Crippen LogP contribution in [0.25, 0.3) is 0 Å². The number of fused-ring (bicyclic) bond motifs is 1. The summed E-state index contributed by atoms with van der Waals surface area (Å²) >= 11 is 0. The second-order valence-electron chi connectivity index (χ2n) is 6.63. The van der Waals surface area contributed by atoms with E-state index in [0.717, 1.165) is 19.4 Å². The second-order valence-corrected chi connectivity index (χ2v) is 6.63. The Labute approximate surface area is 132 Å². The van der Waals surface area contributed by atoms with Gasteiger partial charge in [-0.1, -0.05) is 38.1 Å². The number of carbonyl (C=O) groups is 1. The summed E-state index contributed by atoms with van der Waals surface area (Å²) in [6.07, 6.45) is 1.91. The summed E-state index contributed by atoms with van der Waals surface area (Å²) in [7, 11) is 0. The SMILES string of the molecule is CC(C)C1CC(C(=O)NCC2NCCc3ccccc32)NN1. The van der Waals surface area contributed by atoms with Gasteiger partial charge in [0.05, 0.1) is 0 Å². The first-order valence-electron chi connectivity index (χ1n) is 8.25. The van der Waals surface area contributed by atoms with Gasteiger partial charge in [0.2, 0.25) is 5.91 Å². The molecule has 3 atom stereocenters. The Kier molecular flexibility index (Phi) is 4.76. The number of nitrogens with one attached hydrogen (secondary N) is 4. The lowest BCUT2D eigenvalue weighted by molar-refractivity contribution is -0.123. The standard InChI is InChI=1S/C17H26N4O/c1-11(2)14-9-15(21-20-14)17(22)19-10-16-13-6-4-3-5-12(13)7-8-18-16/h3-6,11,14-16,18,20-21H,7-10H2,1-2H3,(H,19,22). The van der Waals surface area contributed by atoms with Gasteiger partial charge in [-0.05, 0) is 36.4 Å². The number of amides is 1. The Balaban J connectivity index is 1.54. The molecule has 0 radical (unpaired) electrons. The van der Waals surface area contributed by atoms with Gasteiger partial charge in [0.25, 0.3) is 0 Å². The van der Waals surface area contributed by atoms with Gasteiger partial charge in [-0.2, -0.15) is 0 Å². The highest BCUT2D eigenvalue weighted by Crippen LogP contribution is 2.22. The minimum atomic E-state index is -0.133. The maximum absolute atomic E-state index is 12.3. The average molecular weight is 302 g/mol. The molecule has 0 aliphatic carbocycles. The quantitative estimate of drug-likeness (QED) is 0.667. The highest BCUT2D eigenvalue weighted by molar-refractivity contribution is 5.82. The van der Waals surface area contributed by atoms with Crippen molar-refractivity contribution in [3.63, 3.8) is 0 Å². The Morgan fingerprint density at radius 1 is 1.32 bits per heavy atom. The molecule has 0 saturated carbocycles. The number of benzene rings is 1. The third-order valence-electron chi connectivity index (χ3n) is 4.75. The van der Waals surface area contributed by atoms with Gasteiger partial charge in [-0.25, -0.2) is 5.43 Å². The van der Waals surface area contributed by atoms with Crippen LogP contribution in [0, 0.1) is 5.92 Å². The van der Waals surface area contributed by atoms with Gasteiger partial charge in [-0.15, -0.1) is 0 Å². The molecule has 3 unspecified atom stereocenters. The minimum absolute atomic E-state index is 0.0838. The van der Waals surface area contributed by atoms with E-state index in [1.165, 1.54) is 11.1 Å². The predicted octanol–water partition coefficient (Wildman–Crippen LogP) is 0.881. The molecule has 0 bridgehead atoms. The van der Waals surface area contributed by atoms with E-state index in [4.69, 9.17) is 0 Å². The lowest BCUT2D eigenvalue weighted by Crippen LogP contribution is -2.46. The van der Waals surface area contributed by atoms with Gasteiger partial charge in [0.15, 0.2) is 0 Å². The Bertz CT molecular complexity index is 531. The molecule has 2 aliphatic heterocycles. The fourth-order valence-electron chi connectivity index (χ4n) is 3.29. The van der Waals surface area contributed by atoms with Crippen LogP contribution in [0.4, 0.5) is 0 Å². The molecule has 1 fully saturated rings. The fourth-order valence-corrected chi connectivity index (χ4v) is 3.29. The molecule has 4 N–H and O–H groups in total. The maximum Gasteiger partial charge on any atom is 0.238 e. The van der Waals surface area contributed by atoms with E-state index in [-0.39, 0.29) is 18.0 Å². The molecule has 3 rings (SSSR count). The molecule has 1 aromatic rings. The van der Waals surface area contributed by atoms with Crippen LogP contribution in [0.5, 0.6) is 0 Å². The van der Waals surface area contributed by atoms with Crippen LogP contribution in [0.2, 0.25) is 0 Å². The van der Waals surface area contributed by atoms with Crippen molar-refractivity contribution >= 4 is 5.91 Å². The summed E-state index contributed by atoms with van der Waals surface area (Å²) in [6.45, 7) is 5.95. The number of hydrazine groups is 1. The van der Waals surface area contributed by atoms with Gasteiger partial charge in [0, 0.05) is 18.6 Å². The van der Waals surface area contributed by atoms with Crippen molar-refractivity contribution < 1.29 is 4.79 Å². The smallest absolute Gasteiger partial charge is 0.238 e. The molecule has 2 aliphatic rings. The number of rotatable bonds is 4. The molecule has 5 nitrogen and oxygen atoms in total. The van der Waals surface area contributed by atoms with E-state index >= 15 is 0 Å². The molecular weight excluding hydrogens is 276 g/mol. The third kappa shape index (κ3) is 3.32. The van der Waals surface area contributed by atoms with Crippen LogP contribution >= 0.6 is 0 Å². The molecule has 0 spiro atoms. The number of hydrogen-bond acceptors (Lipinski definition) is 4. The largest absolute Gasteiger partial charge is 0.353 e. The van der Waals surface area contributed by atoms with Crippen molar-refractivity contribution in [2.24, 2.45) is 5.92 Å². The summed E-state index contributed by atoms with van der Waals surface area (Å²) in [4.78, 5) is 12.3. The Hall–Kier alpha value is -1.43. The summed E-state index contributed by atoms with van der Waals surface area (Å²) < 4.78 is 0. The summed E-state index contributed by atoms with van der Waals surface area (Å²) in [5.74, 6) is 0.609. The van der Waals surface area contributed by atoms with Crippen molar-refractivity contribution in [1.29, 1.82) is 0 Å². The van der Waals surface area contributed by atoms with Gasteiger partial charge >= 0.3 is 0 Å². The van der Waals surface area contributed by atoms with E-state index in [0.29, 0.717) is 18.5 Å². The lowest BCUT2D eigenvalue weighted by atomic mass is 9.94. The highest BCUT2D eigenvalue weighted by Gasteiger charge is 2.31. The molecule has 5 heteroatoms. The zero-order chi connectivity index (χ0) is 15.5. The van der Waals surface area contributed by atoms with E-state index in [2.05, 4.69) is 59.6 Å². The normalized spacial score (nSPS) is 27.7. The van der Waals surface area contributed by atoms with E-state index in [1.54, 1.807) is 0 Å². The summed E-state index contributed by atoms with van der Waals surface area (Å²) in [6, 6.07) is 8.93. The Morgan fingerprint density at radius 2 is 2.14 bits per heavy atom. The van der Waals surface area contributed by atoms with E-state index < -0.39 is 0 Å². The summed E-state index contributed by atoms with van der Waals surface area (Å²) in [5, 5.41) is 6.59. The first-order valence-corrected chi connectivity index (χ1v) is 8.25. The van der Waals surface area contributed by atoms with Crippen LogP contribution in [0.15, 0.2) is 24.3 Å². The van der Waals surface area contributed by atoms with Crippen LogP contribution in [0.1, 0.15) is 37.4 Å². The molecule has 22 heavy (non-hydrogen) atoms. The second kappa shape index (κ2) is 6.77. The van der Waals surface area contributed by atoms with Crippen LogP contribution in [-0.2, 0) is 11.2 Å². The van der Waals surface area contributed by atoms with Crippen molar-refractivity contribution in [2.45, 2.75) is 44.8 Å². The van der Waals surface area contributed by atoms with Crippen LogP contribution in [-0.4, -0.2) is 31.1 Å². The highest BCUT2D eigenvalue weighted by atomic mass is 16.2. The van der Waals surface area contributed by atoms with Crippen molar-refractivity contribution in [1.82, 2.24) is 21.5 Å². The first kappa shape index (κ1) is 15.5. The third-order valence-corrected chi connectivity index (χ3v) is 4.75. The Morgan fingerprint density at radius 3 is 2.91 bits per heavy atom. The topological polar surface area (TPSA) is 65.2 Å². The van der Waals surface area contributed by atoms with Gasteiger partial charge in [-0.3, -0.25) is 10.2 Å². The molecular formula is C17H26N4O. The maximum atomic E-state index is 12.3. The fraction of sp³-hybridized carbons (Fsp3) is 0.588. The van der Waals surface area contributed by atoms with E-state index in [9.17, 15) is 4.79 Å². The first-order chi connectivity index (χ1) is 10.6. The minimum Gasteiger partial charge on any atom is -0.353 e. The molecule has 120 valence electrons. The summed E-state index contributed by atoms with van der Waals surface area (Å²) in [5.41, 5.74) is 9.03. The van der Waals surface area contributed by atoms with Gasteiger partial charge < -0.3 is 10.6 Å². The van der Waals surface area contributed by atoms with Crippen LogP contribution < -0.4 is 21.5 Å². The van der Waals surface area contributed by atoms with Gasteiger partial charge in [0.1, 0.15) is 6.04 Å². The van der Waals surface area contributed by atoms with Crippen molar-refractivity contribution in [3.8, 4) is 0 Å². The molecule has 2 heterocycles. The predicted molar refractivity (Wildman–Crippen MR) is 87.2 cm³/mol.